The Bertz CT molecular complexity index is 1130. The molecule has 0 spiro atoms. The topological polar surface area (TPSA) is 80.8 Å². The lowest BCUT2D eigenvalue weighted by Crippen LogP contribution is -2.36. The van der Waals surface area contributed by atoms with Crippen LogP contribution in [0.1, 0.15) is 19.8 Å². The predicted molar refractivity (Wildman–Crippen MR) is 127 cm³/mol. The average Bonchev–Trinajstić information content (AvgIpc) is 2.81. The molecule has 6 nitrogen and oxygen atoms in total. The van der Waals surface area contributed by atoms with E-state index in [1.807, 2.05) is 0 Å². The fraction of sp³-hybridized carbons (Fsp3) is 0.217. The third kappa shape index (κ3) is 5.92. The van der Waals surface area contributed by atoms with Crippen LogP contribution in [-0.2, 0) is 20.0 Å². The molecule has 0 radical (unpaired) electrons. The third-order valence-electron chi connectivity index (χ3n) is 4.55. The summed E-state index contributed by atoms with van der Waals surface area (Å²) >= 11 is 1.12. The summed E-state index contributed by atoms with van der Waals surface area (Å²) in [5.41, 5.74) is 0. The van der Waals surface area contributed by atoms with Gasteiger partial charge in [-0.1, -0.05) is 53.5 Å². The molecule has 3 aromatic carbocycles. The lowest BCUT2D eigenvalue weighted by Gasteiger charge is -2.22. The molecule has 0 atom stereocenters. The van der Waals surface area contributed by atoms with E-state index in [2.05, 4.69) is 6.92 Å². The normalized spacial score (nSPS) is 12.1. The number of unbranched alkanes of at least 4 members (excludes halogenated alkanes) is 1. The first-order valence-corrected chi connectivity index (χ1v) is 14.0. The summed E-state index contributed by atoms with van der Waals surface area (Å²) < 4.78 is 59.3. The minimum atomic E-state index is -4.30. The Labute approximate surface area is 194 Å². The highest BCUT2D eigenvalue weighted by atomic mass is 32.3. The van der Waals surface area contributed by atoms with Gasteiger partial charge < -0.3 is 4.74 Å². The van der Waals surface area contributed by atoms with Crippen molar-refractivity contribution in [3.8, 4) is 5.75 Å². The largest absolute Gasteiger partial charge is 0.494 e. The van der Waals surface area contributed by atoms with E-state index in [1.165, 1.54) is 24.3 Å². The van der Waals surface area contributed by atoms with Gasteiger partial charge in [0.25, 0.3) is 20.0 Å². The second-order valence-electron chi connectivity index (χ2n) is 6.86. The van der Waals surface area contributed by atoms with Crippen LogP contribution < -0.4 is 4.74 Å². The van der Waals surface area contributed by atoms with Gasteiger partial charge in [0, 0.05) is 4.90 Å². The second-order valence-corrected chi connectivity index (χ2v) is 11.8. The molecule has 3 aromatic rings. The lowest BCUT2D eigenvalue weighted by atomic mass is 10.3. The van der Waals surface area contributed by atoms with Gasteiger partial charge in [-0.25, -0.2) is 16.8 Å². The average molecular weight is 492 g/mol. The zero-order valence-corrected chi connectivity index (χ0v) is 20.1. The highest BCUT2D eigenvalue weighted by Crippen LogP contribution is 2.30. The fourth-order valence-corrected chi connectivity index (χ4v) is 7.81. The summed E-state index contributed by atoms with van der Waals surface area (Å²) in [5.74, 6) is 0.415. The first kappa shape index (κ1) is 24.3. The summed E-state index contributed by atoms with van der Waals surface area (Å²) in [6, 6.07) is 22.3. The molecule has 0 bridgehead atoms. The van der Waals surface area contributed by atoms with Crippen molar-refractivity contribution < 1.29 is 21.6 Å². The first-order valence-electron chi connectivity index (χ1n) is 10.1. The molecule has 0 amide bonds. The van der Waals surface area contributed by atoms with Crippen molar-refractivity contribution in [1.82, 2.24) is 3.71 Å². The Hall–Kier alpha value is -2.33. The van der Waals surface area contributed by atoms with Gasteiger partial charge in [0.15, 0.2) is 0 Å². The van der Waals surface area contributed by atoms with Crippen LogP contribution >= 0.6 is 11.8 Å². The van der Waals surface area contributed by atoms with Crippen molar-refractivity contribution in [1.29, 1.82) is 0 Å². The van der Waals surface area contributed by atoms with Crippen molar-refractivity contribution in [2.24, 2.45) is 0 Å². The molecule has 170 valence electrons. The molecule has 3 rings (SSSR count). The zero-order chi connectivity index (χ0) is 23.0. The number of ether oxygens (including phenoxy) is 1. The summed E-state index contributed by atoms with van der Waals surface area (Å²) in [4.78, 5) is 0.559. The molecule has 0 aromatic heterocycles. The Kier molecular flexibility index (Phi) is 8.36. The Balaban J connectivity index is 1.87. The third-order valence-corrected chi connectivity index (χ3v) is 10.1. The van der Waals surface area contributed by atoms with Crippen LogP contribution in [0.5, 0.6) is 5.75 Å². The van der Waals surface area contributed by atoms with Crippen molar-refractivity contribution >= 4 is 31.8 Å². The smallest absolute Gasteiger partial charge is 0.257 e. The minimum Gasteiger partial charge on any atom is -0.494 e. The standard InChI is InChI=1S/C23H25NO5S3/c1-2-3-18-29-20-14-16-21(17-15-20)30-19-24(31(25,26)22-10-6-4-7-11-22)32(27,28)23-12-8-5-9-13-23/h4-17H,2-3,18-19H2,1H3. The van der Waals surface area contributed by atoms with Crippen LogP contribution in [0.3, 0.4) is 0 Å². The molecule has 0 saturated heterocycles. The predicted octanol–water partition coefficient (Wildman–Crippen LogP) is 4.99. The van der Waals surface area contributed by atoms with Crippen LogP contribution in [0.4, 0.5) is 0 Å². The maximum absolute atomic E-state index is 13.3. The molecule has 0 aliphatic carbocycles. The Morgan fingerprint density at radius 1 is 0.750 bits per heavy atom. The van der Waals surface area contributed by atoms with Crippen molar-refractivity contribution in [2.45, 2.75) is 34.5 Å². The maximum Gasteiger partial charge on any atom is 0.257 e. The highest BCUT2D eigenvalue weighted by molar-refractivity contribution is 8.06. The van der Waals surface area contributed by atoms with E-state index in [-0.39, 0.29) is 15.7 Å². The molecule has 0 fully saturated rings. The second kappa shape index (κ2) is 11.0. The van der Waals surface area contributed by atoms with E-state index >= 15 is 0 Å². The van der Waals surface area contributed by atoms with E-state index in [0.717, 1.165) is 29.5 Å². The van der Waals surface area contributed by atoms with Gasteiger partial charge in [-0.3, -0.25) is 0 Å². The van der Waals surface area contributed by atoms with Gasteiger partial charge in [0.2, 0.25) is 0 Å². The number of hydrogen-bond acceptors (Lipinski definition) is 6. The summed E-state index contributed by atoms with van der Waals surface area (Å²) in [5, 5.41) is 0. The number of nitrogens with zero attached hydrogens (tertiary/aromatic N) is 1. The molecule has 9 heteroatoms. The van der Waals surface area contributed by atoms with Gasteiger partial charge in [-0.15, -0.1) is 11.8 Å². The van der Waals surface area contributed by atoms with Crippen LogP contribution in [0.25, 0.3) is 0 Å². The monoisotopic (exact) mass is 491 g/mol. The van der Waals surface area contributed by atoms with E-state index in [1.54, 1.807) is 60.7 Å². The molecule has 32 heavy (non-hydrogen) atoms. The number of rotatable bonds is 11. The number of sulfonamides is 2. The van der Waals surface area contributed by atoms with Crippen LogP contribution in [0.15, 0.2) is 99.6 Å². The highest BCUT2D eigenvalue weighted by Gasteiger charge is 2.36. The van der Waals surface area contributed by atoms with Crippen molar-refractivity contribution in [2.75, 3.05) is 12.5 Å². The Morgan fingerprint density at radius 2 is 1.25 bits per heavy atom. The van der Waals surface area contributed by atoms with Crippen LogP contribution in [0.2, 0.25) is 0 Å². The number of benzene rings is 3. The molecule has 0 aliphatic heterocycles. The van der Waals surface area contributed by atoms with Crippen molar-refractivity contribution in [3.63, 3.8) is 0 Å². The van der Waals surface area contributed by atoms with E-state index in [9.17, 15) is 16.8 Å². The zero-order valence-electron chi connectivity index (χ0n) is 17.6. The summed E-state index contributed by atoms with van der Waals surface area (Å²) in [7, 11) is -8.60. The van der Waals surface area contributed by atoms with Gasteiger partial charge >= 0.3 is 0 Å². The van der Waals surface area contributed by atoms with Gasteiger partial charge in [0.05, 0.1) is 22.3 Å². The van der Waals surface area contributed by atoms with Crippen molar-refractivity contribution in [3.05, 3.63) is 84.9 Å². The van der Waals surface area contributed by atoms with E-state index in [0.29, 0.717) is 16.1 Å². The first-order chi connectivity index (χ1) is 15.4. The molecular weight excluding hydrogens is 466 g/mol. The Morgan fingerprint density at radius 3 is 1.72 bits per heavy atom. The van der Waals surface area contributed by atoms with Crippen LogP contribution in [-0.4, -0.2) is 33.0 Å². The molecule has 0 aliphatic rings. The SMILES string of the molecule is CCCCOc1ccc(SCN(S(=O)(=O)c2ccccc2)S(=O)(=O)c2ccccc2)cc1. The maximum atomic E-state index is 13.3. The fourth-order valence-electron chi connectivity index (χ4n) is 2.78. The molecule has 0 unspecified atom stereocenters. The lowest BCUT2D eigenvalue weighted by molar-refractivity contribution is 0.309. The quantitative estimate of drug-likeness (QED) is 0.213. The molecular formula is C23H25NO5S3. The summed E-state index contributed by atoms with van der Waals surface area (Å²) in [6.07, 6.45) is 2.00. The van der Waals surface area contributed by atoms with E-state index in [4.69, 9.17) is 4.74 Å². The van der Waals surface area contributed by atoms with Gasteiger partial charge in [-0.2, -0.15) is 0 Å². The van der Waals surface area contributed by atoms with Crippen LogP contribution in [0, 0.1) is 0 Å². The number of hydrogen-bond donors (Lipinski definition) is 0. The number of thioether (sulfide) groups is 1. The minimum absolute atomic E-state index is 0.0835. The van der Waals surface area contributed by atoms with Gasteiger partial charge in [0.1, 0.15) is 5.75 Å². The molecule has 0 heterocycles. The van der Waals surface area contributed by atoms with Gasteiger partial charge in [-0.05, 0) is 55.0 Å². The van der Waals surface area contributed by atoms with E-state index < -0.39 is 20.0 Å². The summed E-state index contributed by atoms with van der Waals surface area (Å²) in [6.45, 7) is 2.71. The molecule has 0 N–H and O–H groups in total. The molecule has 0 saturated carbocycles.